The fraction of sp³-hybridized carbons (Fsp3) is 0.353. The van der Waals surface area contributed by atoms with Crippen molar-refractivity contribution in [3.63, 3.8) is 0 Å². The molecule has 0 atom stereocenters. The van der Waals surface area contributed by atoms with E-state index in [1.807, 2.05) is 0 Å². The van der Waals surface area contributed by atoms with Crippen LogP contribution in [0.25, 0.3) is 5.82 Å². The summed E-state index contributed by atoms with van der Waals surface area (Å²) in [5, 5.41) is 9.21. The van der Waals surface area contributed by atoms with E-state index in [1.54, 1.807) is 0 Å². The Hall–Kier alpha value is -2.96. The highest BCUT2D eigenvalue weighted by atomic mass is 79.9. The molecule has 3 aromatic rings. The summed E-state index contributed by atoms with van der Waals surface area (Å²) in [6.45, 7) is 0. The third kappa shape index (κ3) is 5.51. The number of hydrogen-bond acceptors (Lipinski definition) is 5. The van der Waals surface area contributed by atoms with Gasteiger partial charge in [0.05, 0.1) is 21.8 Å². The maximum absolute atomic E-state index is 13.4. The molecule has 0 aliphatic carbocycles. The van der Waals surface area contributed by atoms with Crippen LogP contribution in [0.15, 0.2) is 16.9 Å². The van der Waals surface area contributed by atoms with Crippen LogP contribution in [-0.2, 0) is 25.9 Å². The first-order valence-electron chi connectivity index (χ1n) is 9.02. The number of aromatic nitrogens is 6. The largest absolute Gasteiger partial charge is 0.459 e. The predicted octanol–water partition coefficient (Wildman–Crippen LogP) is 5.38. The predicted molar refractivity (Wildman–Crippen MR) is 107 cm³/mol. The summed E-state index contributed by atoms with van der Waals surface area (Å²) < 4.78 is 129. The number of halogens is 12. The molecule has 0 radical (unpaired) electrons. The Bertz CT molecular complexity index is 1310. The van der Waals surface area contributed by atoms with E-state index in [1.165, 1.54) is 12.4 Å². The summed E-state index contributed by atoms with van der Waals surface area (Å²) in [4.78, 5) is 21.4. The molecule has 3 aromatic heterocycles. The standard InChI is InChI=1S/C10H6BrF5N4O.C7H4ClF5N2O/c1-19-8(20-3-5(11)2-17-20)6(4-21)7(18-19)9(12,13)10(14,15)16;1-15-5(8)3(2-16)4(14-15)6(9,10)7(11,12)13/h2-4H,1H3;2H,1H3. The number of alkyl halides is 10. The number of carbonyl (C=O) groups is 2. The topological polar surface area (TPSA) is 87.6 Å². The monoisotopic (exact) mass is 634 g/mol. The van der Waals surface area contributed by atoms with Crippen LogP contribution in [0.5, 0.6) is 0 Å². The lowest BCUT2D eigenvalue weighted by molar-refractivity contribution is -0.291. The second-order valence-corrected chi connectivity index (χ2v) is 8.14. The van der Waals surface area contributed by atoms with Gasteiger partial charge in [-0.3, -0.25) is 14.3 Å². The van der Waals surface area contributed by atoms with Gasteiger partial charge in [0.2, 0.25) is 0 Å². The molecule has 0 aliphatic rings. The second-order valence-electron chi connectivity index (χ2n) is 6.87. The fourth-order valence-electron chi connectivity index (χ4n) is 2.68. The van der Waals surface area contributed by atoms with Crippen LogP contribution in [0.2, 0.25) is 5.15 Å². The molecule has 0 bridgehead atoms. The zero-order valence-electron chi connectivity index (χ0n) is 17.8. The molecule has 0 N–H and O–H groups in total. The van der Waals surface area contributed by atoms with Crippen molar-refractivity contribution in [2.75, 3.05) is 0 Å². The molecule has 20 heteroatoms. The highest BCUT2D eigenvalue weighted by Gasteiger charge is 2.62. The molecular weight excluding hydrogens is 626 g/mol. The van der Waals surface area contributed by atoms with E-state index in [0.717, 1.165) is 23.5 Å². The van der Waals surface area contributed by atoms with Crippen molar-refractivity contribution in [3.05, 3.63) is 44.5 Å². The molecule has 0 spiro atoms. The van der Waals surface area contributed by atoms with Gasteiger partial charge in [0.1, 0.15) is 5.15 Å². The van der Waals surface area contributed by atoms with E-state index in [-0.39, 0.29) is 18.4 Å². The Balaban J connectivity index is 0.000000271. The zero-order chi connectivity index (χ0) is 28.7. The number of nitrogens with zero attached hydrogens (tertiary/aromatic N) is 6. The second kappa shape index (κ2) is 10.1. The van der Waals surface area contributed by atoms with Crippen molar-refractivity contribution in [1.82, 2.24) is 29.3 Å². The normalized spacial score (nSPS) is 12.8. The van der Waals surface area contributed by atoms with Crippen LogP contribution in [0.4, 0.5) is 43.9 Å². The van der Waals surface area contributed by atoms with Gasteiger partial charge in [-0.15, -0.1) is 0 Å². The lowest BCUT2D eigenvalue weighted by Crippen LogP contribution is -2.35. The van der Waals surface area contributed by atoms with Crippen LogP contribution < -0.4 is 0 Å². The molecule has 0 saturated heterocycles. The maximum atomic E-state index is 13.4. The summed E-state index contributed by atoms with van der Waals surface area (Å²) in [5.74, 6) is -10.8. The van der Waals surface area contributed by atoms with E-state index in [2.05, 4.69) is 31.2 Å². The van der Waals surface area contributed by atoms with Crippen molar-refractivity contribution in [3.8, 4) is 5.82 Å². The molecule has 3 heterocycles. The Labute approximate surface area is 211 Å². The Morgan fingerprint density at radius 1 is 0.811 bits per heavy atom. The third-order valence-electron chi connectivity index (χ3n) is 4.37. The highest BCUT2D eigenvalue weighted by molar-refractivity contribution is 9.10. The molecule has 0 aliphatic heterocycles. The van der Waals surface area contributed by atoms with Crippen molar-refractivity contribution < 1.29 is 53.5 Å². The molecular formula is C17H10BrClF10N6O2. The van der Waals surface area contributed by atoms with Crippen LogP contribution >= 0.6 is 27.5 Å². The summed E-state index contributed by atoms with van der Waals surface area (Å²) in [7, 11) is 2.18. The molecule has 0 fully saturated rings. The number of aryl methyl sites for hydroxylation is 2. The molecule has 3 rings (SSSR count). The van der Waals surface area contributed by atoms with E-state index in [4.69, 9.17) is 11.6 Å². The molecule has 0 amide bonds. The minimum Gasteiger partial charge on any atom is -0.298 e. The first-order chi connectivity index (χ1) is 16.7. The van der Waals surface area contributed by atoms with E-state index in [9.17, 15) is 53.5 Å². The molecule has 37 heavy (non-hydrogen) atoms. The highest BCUT2D eigenvalue weighted by Crippen LogP contribution is 2.46. The van der Waals surface area contributed by atoms with Crippen LogP contribution in [-0.4, -0.2) is 54.3 Å². The minimum absolute atomic E-state index is 0.104. The average Bonchev–Trinajstić information content (AvgIpc) is 3.42. The Morgan fingerprint density at radius 3 is 1.62 bits per heavy atom. The minimum atomic E-state index is -5.86. The van der Waals surface area contributed by atoms with Gasteiger partial charge in [-0.1, -0.05) is 11.6 Å². The SMILES string of the molecule is Cn1nc(C(F)(F)C(F)(F)F)c(C=O)c1-n1cc(Br)cn1.Cn1nc(C(F)(F)C(F)(F)F)c(C=O)c1Cl. The quantitative estimate of drug-likeness (QED) is 0.278. The van der Waals surface area contributed by atoms with Gasteiger partial charge < -0.3 is 0 Å². The van der Waals surface area contributed by atoms with Crippen molar-refractivity contribution >= 4 is 40.1 Å². The Kier molecular flexibility index (Phi) is 8.24. The summed E-state index contributed by atoms with van der Waals surface area (Å²) in [6.07, 6.45) is -9.41. The first-order valence-corrected chi connectivity index (χ1v) is 10.2. The molecule has 0 unspecified atom stereocenters. The van der Waals surface area contributed by atoms with Gasteiger partial charge in [-0.2, -0.15) is 59.2 Å². The van der Waals surface area contributed by atoms with E-state index in [0.29, 0.717) is 9.15 Å². The van der Waals surface area contributed by atoms with Gasteiger partial charge in [-0.25, -0.2) is 9.36 Å². The molecule has 204 valence electrons. The van der Waals surface area contributed by atoms with Crippen LogP contribution in [0, 0.1) is 0 Å². The molecule has 0 aromatic carbocycles. The molecule has 0 saturated carbocycles. The zero-order valence-corrected chi connectivity index (χ0v) is 20.2. The van der Waals surface area contributed by atoms with Gasteiger partial charge in [0.25, 0.3) is 0 Å². The van der Waals surface area contributed by atoms with Crippen molar-refractivity contribution in [2.45, 2.75) is 24.2 Å². The summed E-state index contributed by atoms with van der Waals surface area (Å²) in [5.41, 5.74) is -5.20. The van der Waals surface area contributed by atoms with Gasteiger partial charge in [-0.05, 0) is 15.9 Å². The third-order valence-corrected chi connectivity index (χ3v) is 5.23. The van der Waals surface area contributed by atoms with Gasteiger partial charge in [0.15, 0.2) is 29.8 Å². The maximum Gasteiger partial charge on any atom is 0.459 e. The summed E-state index contributed by atoms with van der Waals surface area (Å²) in [6, 6.07) is 0. The average molecular weight is 636 g/mol. The smallest absolute Gasteiger partial charge is 0.298 e. The van der Waals surface area contributed by atoms with Crippen molar-refractivity contribution in [2.24, 2.45) is 14.1 Å². The fourth-order valence-corrected chi connectivity index (χ4v) is 3.14. The van der Waals surface area contributed by atoms with Crippen molar-refractivity contribution in [1.29, 1.82) is 0 Å². The van der Waals surface area contributed by atoms with Crippen LogP contribution in [0.3, 0.4) is 0 Å². The van der Waals surface area contributed by atoms with E-state index < -0.39 is 51.9 Å². The van der Waals surface area contributed by atoms with E-state index >= 15 is 0 Å². The molecule has 8 nitrogen and oxygen atoms in total. The van der Waals surface area contributed by atoms with Gasteiger partial charge in [0, 0.05) is 20.3 Å². The summed E-state index contributed by atoms with van der Waals surface area (Å²) >= 11 is 8.39. The van der Waals surface area contributed by atoms with Crippen LogP contribution in [0.1, 0.15) is 32.1 Å². The number of rotatable bonds is 5. The number of hydrogen-bond donors (Lipinski definition) is 0. The Morgan fingerprint density at radius 2 is 1.24 bits per heavy atom. The lowest BCUT2D eigenvalue weighted by Gasteiger charge is -2.17. The van der Waals surface area contributed by atoms with Gasteiger partial charge >= 0.3 is 24.2 Å². The number of aldehydes is 2. The lowest BCUT2D eigenvalue weighted by atomic mass is 10.1. The number of carbonyl (C=O) groups excluding carboxylic acids is 2. The first kappa shape index (κ1) is 30.3.